The summed E-state index contributed by atoms with van der Waals surface area (Å²) in [6.07, 6.45) is 1.62. The van der Waals surface area contributed by atoms with Crippen molar-refractivity contribution in [2.24, 2.45) is 11.7 Å². The monoisotopic (exact) mass is 334 g/mol. The summed E-state index contributed by atoms with van der Waals surface area (Å²) in [7, 11) is 0. The van der Waals surface area contributed by atoms with E-state index in [2.05, 4.69) is 11.4 Å². The molecule has 0 radical (unpaired) electrons. The molecular weight excluding hydrogens is 312 g/mol. The molecule has 2 rings (SSSR count). The summed E-state index contributed by atoms with van der Waals surface area (Å²) in [5, 5.41) is 12.7. The van der Waals surface area contributed by atoms with Crippen molar-refractivity contribution in [3.8, 4) is 6.07 Å². The van der Waals surface area contributed by atoms with E-state index in [-0.39, 0.29) is 30.3 Å². The topological polar surface area (TPSA) is 99.2 Å². The van der Waals surface area contributed by atoms with Gasteiger partial charge in [-0.1, -0.05) is 0 Å². The van der Waals surface area contributed by atoms with Gasteiger partial charge in [0, 0.05) is 17.5 Å². The van der Waals surface area contributed by atoms with E-state index in [1.807, 2.05) is 25.7 Å². The first-order valence-corrected chi connectivity index (χ1v) is 8.48. The van der Waals surface area contributed by atoms with E-state index in [4.69, 9.17) is 5.73 Å². The second kappa shape index (κ2) is 7.11. The molecule has 1 aliphatic heterocycles. The fourth-order valence-electron chi connectivity index (χ4n) is 2.83. The molecule has 2 atom stereocenters. The number of primary amides is 1. The fraction of sp³-hybridized carbons (Fsp3) is 0.562. The maximum absolute atomic E-state index is 12.3. The smallest absolute Gasteiger partial charge is 0.239 e. The maximum Gasteiger partial charge on any atom is 0.239 e. The minimum atomic E-state index is -0.307. The van der Waals surface area contributed by atoms with Gasteiger partial charge in [0.05, 0.1) is 18.0 Å². The van der Waals surface area contributed by atoms with Crippen molar-refractivity contribution in [2.45, 2.75) is 39.7 Å². The highest BCUT2D eigenvalue weighted by atomic mass is 32.1. The maximum atomic E-state index is 12.3. The Balaban J connectivity index is 2.03. The second-order valence-electron chi connectivity index (χ2n) is 6.10. The number of anilines is 1. The number of thiophene rings is 1. The molecular formula is C16H22N4O2S. The lowest BCUT2D eigenvalue weighted by molar-refractivity contribution is -0.126. The normalized spacial score (nSPS) is 21.7. The molecule has 1 aliphatic rings. The summed E-state index contributed by atoms with van der Waals surface area (Å²) in [5.74, 6) is -0.668. The van der Waals surface area contributed by atoms with E-state index in [1.165, 1.54) is 11.3 Å². The van der Waals surface area contributed by atoms with Crippen LogP contribution in [0.5, 0.6) is 0 Å². The first kappa shape index (κ1) is 17.4. The Bertz CT molecular complexity index is 662. The third kappa shape index (κ3) is 3.89. The Labute approximate surface area is 140 Å². The number of nitrogens with two attached hydrogens (primary N) is 1. The Morgan fingerprint density at radius 3 is 2.74 bits per heavy atom. The van der Waals surface area contributed by atoms with Crippen molar-refractivity contribution in [3.05, 3.63) is 16.0 Å². The molecule has 3 N–H and O–H groups in total. The molecule has 23 heavy (non-hydrogen) atoms. The number of nitrogens with one attached hydrogen (secondary N) is 1. The lowest BCUT2D eigenvalue weighted by Crippen LogP contribution is -2.48. The van der Waals surface area contributed by atoms with Gasteiger partial charge >= 0.3 is 0 Å². The number of nitriles is 1. The van der Waals surface area contributed by atoms with Crippen LogP contribution < -0.4 is 11.1 Å². The third-order valence-corrected chi connectivity index (χ3v) is 5.63. The molecule has 0 bridgehead atoms. The van der Waals surface area contributed by atoms with Crippen LogP contribution in [0, 0.1) is 31.1 Å². The van der Waals surface area contributed by atoms with Gasteiger partial charge in [-0.2, -0.15) is 5.26 Å². The van der Waals surface area contributed by atoms with Crippen LogP contribution in [0.1, 0.15) is 35.8 Å². The summed E-state index contributed by atoms with van der Waals surface area (Å²) in [6.45, 7) is 6.57. The number of hydrogen-bond donors (Lipinski definition) is 2. The summed E-state index contributed by atoms with van der Waals surface area (Å²) < 4.78 is 0. The predicted molar refractivity (Wildman–Crippen MR) is 90.1 cm³/mol. The Kier molecular flexibility index (Phi) is 5.39. The number of hydrogen-bond acceptors (Lipinski definition) is 5. The fourth-order valence-corrected chi connectivity index (χ4v) is 3.86. The lowest BCUT2D eigenvalue weighted by Gasteiger charge is -2.36. The van der Waals surface area contributed by atoms with E-state index in [1.54, 1.807) is 0 Å². The summed E-state index contributed by atoms with van der Waals surface area (Å²) in [6, 6.07) is 2.38. The molecule has 124 valence electrons. The van der Waals surface area contributed by atoms with Crippen molar-refractivity contribution in [1.29, 1.82) is 5.26 Å². The highest BCUT2D eigenvalue weighted by Gasteiger charge is 2.30. The minimum Gasteiger partial charge on any atom is -0.369 e. The van der Waals surface area contributed by atoms with Crippen LogP contribution in [0.2, 0.25) is 0 Å². The van der Waals surface area contributed by atoms with Gasteiger partial charge in [0.25, 0.3) is 0 Å². The van der Waals surface area contributed by atoms with Crippen LogP contribution in [0.15, 0.2) is 0 Å². The number of piperidine rings is 1. The van der Waals surface area contributed by atoms with Gasteiger partial charge < -0.3 is 11.1 Å². The standard InChI is InChI=1S/C16H22N4O2S/c1-9-4-5-12(15(18)22)7-20(9)8-14(21)19-16-13(6-17)10(2)11(3)23-16/h9,12H,4-5,7-8H2,1-3H3,(H2,18,22)(H,19,21). The van der Waals surface area contributed by atoms with Crippen LogP contribution >= 0.6 is 11.3 Å². The SMILES string of the molecule is Cc1sc(NC(=O)CN2CC(C(N)=O)CCC2C)c(C#N)c1C. The Morgan fingerprint density at radius 1 is 1.43 bits per heavy atom. The molecule has 1 saturated heterocycles. The molecule has 6 nitrogen and oxygen atoms in total. The largest absolute Gasteiger partial charge is 0.369 e. The summed E-state index contributed by atoms with van der Waals surface area (Å²) >= 11 is 1.42. The van der Waals surface area contributed by atoms with Crippen molar-refractivity contribution in [2.75, 3.05) is 18.4 Å². The number of amides is 2. The minimum absolute atomic E-state index is 0.167. The quantitative estimate of drug-likeness (QED) is 0.876. The molecule has 0 spiro atoms. The molecule has 7 heteroatoms. The van der Waals surface area contributed by atoms with Crippen LogP contribution in [0.3, 0.4) is 0 Å². The van der Waals surface area contributed by atoms with Gasteiger partial charge in [-0.15, -0.1) is 11.3 Å². The van der Waals surface area contributed by atoms with Gasteiger partial charge in [-0.3, -0.25) is 14.5 Å². The van der Waals surface area contributed by atoms with E-state index < -0.39 is 0 Å². The Hall–Kier alpha value is -1.91. The highest BCUT2D eigenvalue weighted by Crippen LogP contribution is 2.31. The molecule has 0 saturated carbocycles. The number of aryl methyl sites for hydroxylation is 1. The van der Waals surface area contributed by atoms with Crippen molar-refractivity contribution >= 4 is 28.2 Å². The molecule has 1 aromatic rings. The van der Waals surface area contributed by atoms with Gasteiger partial charge in [0.2, 0.25) is 11.8 Å². The van der Waals surface area contributed by atoms with Gasteiger partial charge in [0.1, 0.15) is 11.1 Å². The summed E-state index contributed by atoms with van der Waals surface area (Å²) in [4.78, 5) is 26.7. The van der Waals surface area contributed by atoms with Crippen molar-refractivity contribution < 1.29 is 9.59 Å². The van der Waals surface area contributed by atoms with E-state index in [9.17, 15) is 14.9 Å². The van der Waals surface area contributed by atoms with Gasteiger partial charge in [-0.05, 0) is 39.2 Å². The highest BCUT2D eigenvalue weighted by molar-refractivity contribution is 7.16. The number of rotatable bonds is 4. The molecule has 1 fully saturated rings. The number of carbonyl (C=O) groups is 2. The number of carbonyl (C=O) groups excluding carboxylic acids is 2. The molecule has 1 aromatic heterocycles. The predicted octanol–water partition coefficient (Wildman–Crippen LogP) is 1.76. The molecule has 2 unspecified atom stereocenters. The molecule has 0 aliphatic carbocycles. The van der Waals surface area contributed by atoms with Gasteiger partial charge in [-0.25, -0.2) is 0 Å². The Morgan fingerprint density at radius 2 is 2.13 bits per heavy atom. The summed E-state index contributed by atoms with van der Waals surface area (Å²) in [5.41, 5.74) is 6.83. The zero-order chi connectivity index (χ0) is 17.1. The molecule has 2 amide bonds. The van der Waals surface area contributed by atoms with Crippen molar-refractivity contribution in [1.82, 2.24) is 4.90 Å². The zero-order valence-corrected chi connectivity index (χ0v) is 14.5. The first-order valence-electron chi connectivity index (χ1n) is 7.66. The van der Waals surface area contributed by atoms with E-state index in [0.717, 1.165) is 23.3 Å². The lowest BCUT2D eigenvalue weighted by atomic mass is 9.93. The molecule has 2 heterocycles. The third-order valence-electron chi connectivity index (χ3n) is 4.51. The van der Waals surface area contributed by atoms with E-state index >= 15 is 0 Å². The van der Waals surface area contributed by atoms with Crippen LogP contribution in [0.4, 0.5) is 5.00 Å². The van der Waals surface area contributed by atoms with Crippen LogP contribution in [-0.4, -0.2) is 35.8 Å². The molecule has 0 aromatic carbocycles. The van der Waals surface area contributed by atoms with E-state index in [0.29, 0.717) is 17.1 Å². The zero-order valence-electron chi connectivity index (χ0n) is 13.7. The number of likely N-dealkylation sites (tertiary alicyclic amines) is 1. The van der Waals surface area contributed by atoms with Crippen LogP contribution in [0.25, 0.3) is 0 Å². The number of nitrogens with zero attached hydrogens (tertiary/aromatic N) is 2. The van der Waals surface area contributed by atoms with Crippen molar-refractivity contribution in [3.63, 3.8) is 0 Å². The van der Waals surface area contributed by atoms with Crippen LogP contribution in [-0.2, 0) is 9.59 Å². The van der Waals surface area contributed by atoms with Gasteiger partial charge in [0.15, 0.2) is 0 Å². The average molecular weight is 334 g/mol. The second-order valence-corrected chi connectivity index (χ2v) is 7.33. The first-order chi connectivity index (χ1) is 10.8. The average Bonchev–Trinajstić information content (AvgIpc) is 2.75.